The molecule has 0 fully saturated rings. The van der Waals surface area contributed by atoms with Crippen molar-refractivity contribution < 1.29 is 26.7 Å². The molecule has 10 heteroatoms. The van der Waals surface area contributed by atoms with Crippen LogP contribution in [-0.4, -0.2) is 23.0 Å². The first kappa shape index (κ1) is 15.1. The van der Waals surface area contributed by atoms with Gasteiger partial charge in [-0.2, -0.15) is 22.0 Å². The third-order valence-electron chi connectivity index (χ3n) is 1.70. The molecule has 0 aliphatic heterocycles. The molecule has 1 heterocycles. The number of anilines is 1. The Morgan fingerprint density at radius 2 is 1.89 bits per heavy atom. The molecule has 0 atom stereocenters. The first-order chi connectivity index (χ1) is 8.05. The topological polar surface area (TPSA) is 42.0 Å². The molecule has 3 nitrogen and oxygen atoms in total. The predicted octanol–water partition coefficient (Wildman–Crippen LogP) is 3.63. The maximum absolute atomic E-state index is 12.6. The first-order valence-electron chi connectivity index (χ1n) is 4.12. The monoisotopic (exact) mass is 352 g/mol. The van der Waals surface area contributed by atoms with Crippen molar-refractivity contribution in [3.05, 3.63) is 21.9 Å². The standard InChI is InChI=1S/C8H3BrClF5N2O/c9-4-1-3(2-16-5(4)10)17-6(18)7(11,12)8(13,14)15/h1-2H,(H,17,18). The summed E-state index contributed by atoms with van der Waals surface area (Å²) in [6.07, 6.45) is -5.12. The van der Waals surface area contributed by atoms with Gasteiger partial charge in [0.15, 0.2) is 0 Å². The van der Waals surface area contributed by atoms with E-state index in [0.717, 1.165) is 12.3 Å². The molecule has 0 saturated carbocycles. The second-order valence-corrected chi connectivity index (χ2v) is 4.24. The third kappa shape index (κ3) is 3.08. The number of alkyl halides is 5. The molecule has 1 amide bonds. The quantitative estimate of drug-likeness (QED) is 0.652. The highest BCUT2D eigenvalue weighted by atomic mass is 79.9. The minimum atomic E-state index is -5.96. The molecule has 0 aliphatic rings. The smallest absolute Gasteiger partial charge is 0.319 e. The number of halogens is 7. The number of hydrogen-bond donors (Lipinski definition) is 1. The zero-order chi connectivity index (χ0) is 14.1. The van der Waals surface area contributed by atoms with Crippen LogP contribution in [0.2, 0.25) is 5.15 Å². The number of aromatic nitrogens is 1. The third-order valence-corrected chi connectivity index (χ3v) is 2.83. The molecule has 0 saturated heterocycles. The lowest BCUT2D eigenvalue weighted by Gasteiger charge is -2.18. The molecule has 0 aliphatic carbocycles. The molecule has 1 aromatic rings. The SMILES string of the molecule is O=C(Nc1cnc(Cl)c(Br)c1)C(F)(F)C(F)(F)F. The van der Waals surface area contributed by atoms with Crippen molar-refractivity contribution in [3.8, 4) is 0 Å². The van der Waals surface area contributed by atoms with Crippen molar-refractivity contribution in [3.63, 3.8) is 0 Å². The van der Waals surface area contributed by atoms with Crippen LogP contribution in [0.25, 0.3) is 0 Å². The molecular formula is C8H3BrClF5N2O. The van der Waals surface area contributed by atoms with Crippen LogP contribution in [0.4, 0.5) is 27.6 Å². The summed E-state index contributed by atoms with van der Waals surface area (Å²) >= 11 is 8.35. The van der Waals surface area contributed by atoms with Gasteiger partial charge in [0.25, 0.3) is 0 Å². The van der Waals surface area contributed by atoms with E-state index in [0.29, 0.717) is 0 Å². The van der Waals surface area contributed by atoms with E-state index < -0.39 is 18.0 Å². The Morgan fingerprint density at radius 1 is 1.33 bits per heavy atom. The van der Waals surface area contributed by atoms with Gasteiger partial charge in [-0.1, -0.05) is 11.6 Å². The van der Waals surface area contributed by atoms with Crippen LogP contribution in [0.15, 0.2) is 16.7 Å². The number of rotatable bonds is 2. The van der Waals surface area contributed by atoms with Gasteiger partial charge in [0.2, 0.25) is 0 Å². The minimum Gasteiger partial charge on any atom is -0.319 e. The maximum atomic E-state index is 12.6. The van der Waals surface area contributed by atoms with Crippen molar-refractivity contribution in [2.75, 3.05) is 5.32 Å². The van der Waals surface area contributed by atoms with E-state index >= 15 is 0 Å². The van der Waals surface area contributed by atoms with Crippen molar-refractivity contribution >= 4 is 39.1 Å². The van der Waals surface area contributed by atoms with Crippen LogP contribution < -0.4 is 5.32 Å². The zero-order valence-electron chi connectivity index (χ0n) is 8.16. The number of hydrogen-bond acceptors (Lipinski definition) is 2. The summed E-state index contributed by atoms with van der Waals surface area (Å²) in [6.45, 7) is 0. The van der Waals surface area contributed by atoms with Gasteiger partial charge in [-0.05, 0) is 22.0 Å². The minimum absolute atomic E-state index is 0.0319. The van der Waals surface area contributed by atoms with Crippen LogP contribution in [-0.2, 0) is 4.79 Å². The summed E-state index contributed by atoms with van der Waals surface area (Å²) < 4.78 is 60.9. The number of nitrogens with one attached hydrogen (secondary N) is 1. The van der Waals surface area contributed by atoms with Crippen LogP contribution in [0, 0.1) is 0 Å². The van der Waals surface area contributed by atoms with Gasteiger partial charge in [0, 0.05) is 0 Å². The van der Waals surface area contributed by atoms with Gasteiger partial charge in [-0.3, -0.25) is 4.79 Å². The van der Waals surface area contributed by atoms with E-state index in [1.165, 1.54) is 5.32 Å². The van der Waals surface area contributed by atoms with Crippen LogP contribution >= 0.6 is 27.5 Å². The van der Waals surface area contributed by atoms with E-state index in [4.69, 9.17) is 11.6 Å². The summed E-state index contributed by atoms with van der Waals surface area (Å²) in [5, 5.41) is 1.36. The van der Waals surface area contributed by atoms with Crippen LogP contribution in [0.3, 0.4) is 0 Å². The van der Waals surface area contributed by atoms with Crippen molar-refractivity contribution in [2.45, 2.75) is 12.1 Å². The molecule has 1 N–H and O–H groups in total. The van der Waals surface area contributed by atoms with E-state index in [1.807, 2.05) is 0 Å². The lowest BCUT2D eigenvalue weighted by Crippen LogP contribution is -2.47. The highest BCUT2D eigenvalue weighted by molar-refractivity contribution is 9.10. The Balaban J connectivity index is 2.91. The van der Waals surface area contributed by atoms with Crippen molar-refractivity contribution in [1.29, 1.82) is 0 Å². The normalized spacial score (nSPS) is 12.4. The number of carbonyl (C=O) groups is 1. The lowest BCUT2D eigenvalue weighted by molar-refractivity contribution is -0.267. The van der Waals surface area contributed by atoms with E-state index in [-0.39, 0.29) is 15.3 Å². The van der Waals surface area contributed by atoms with E-state index in [9.17, 15) is 26.7 Å². The number of nitrogens with zero attached hydrogens (tertiary/aromatic N) is 1. The van der Waals surface area contributed by atoms with Gasteiger partial charge in [0.05, 0.1) is 16.4 Å². The summed E-state index contributed by atoms with van der Waals surface area (Å²) in [7, 11) is 0. The fourth-order valence-corrected chi connectivity index (χ4v) is 1.28. The molecule has 0 bridgehead atoms. The average molecular weight is 353 g/mol. The molecule has 1 rings (SSSR count). The molecule has 0 radical (unpaired) electrons. The highest BCUT2D eigenvalue weighted by Gasteiger charge is 2.63. The number of pyridine rings is 1. The fraction of sp³-hybridized carbons (Fsp3) is 0.250. The van der Waals surface area contributed by atoms with Gasteiger partial charge >= 0.3 is 18.0 Å². The highest BCUT2D eigenvalue weighted by Crippen LogP contribution is 2.36. The number of carbonyl (C=O) groups excluding carboxylic acids is 1. The second-order valence-electron chi connectivity index (χ2n) is 3.02. The molecule has 100 valence electrons. The maximum Gasteiger partial charge on any atom is 0.463 e. The summed E-state index contributed by atoms with van der Waals surface area (Å²) in [6, 6.07) is 1.04. The fourth-order valence-electron chi connectivity index (χ4n) is 0.828. The Hall–Kier alpha value is -0.960. The van der Waals surface area contributed by atoms with E-state index in [2.05, 4.69) is 20.9 Å². The van der Waals surface area contributed by atoms with Gasteiger partial charge in [-0.15, -0.1) is 0 Å². The largest absolute Gasteiger partial charge is 0.463 e. The second kappa shape index (κ2) is 4.96. The van der Waals surface area contributed by atoms with Crippen LogP contribution in [0.1, 0.15) is 0 Å². The summed E-state index contributed by atoms with van der Waals surface area (Å²) in [5.41, 5.74) is -0.347. The predicted molar refractivity (Wildman–Crippen MR) is 56.6 cm³/mol. The van der Waals surface area contributed by atoms with Gasteiger partial charge in [0.1, 0.15) is 5.15 Å². The average Bonchev–Trinajstić information content (AvgIpc) is 2.21. The molecule has 18 heavy (non-hydrogen) atoms. The Labute approximate surface area is 110 Å². The van der Waals surface area contributed by atoms with Crippen LogP contribution in [0.5, 0.6) is 0 Å². The molecule has 0 unspecified atom stereocenters. The number of amides is 1. The molecule has 0 spiro atoms. The van der Waals surface area contributed by atoms with Gasteiger partial charge < -0.3 is 5.32 Å². The summed E-state index contributed by atoms with van der Waals surface area (Å²) in [5.74, 6) is -7.98. The van der Waals surface area contributed by atoms with Crippen molar-refractivity contribution in [2.24, 2.45) is 0 Å². The zero-order valence-corrected chi connectivity index (χ0v) is 10.5. The van der Waals surface area contributed by atoms with Gasteiger partial charge in [-0.25, -0.2) is 4.98 Å². The summed E-state index contributed by atoms with van der Waals surface area (Å²) in [4.78, 5) is 14.3. The molecule has 1 aromatic heterocycles. The first-order valence-corrected chi connectivity index (χ1v) is 5.30. The Kier molecular flexibility index (Phi) is 4.16. The van der Waals surface area contributed by atoms with E-state index in [1.54, 1.807) is 0 Å². The lowest BCUT2D eigenvalue weighted by atomic mass is 10.3. The molecular weight excluding hydrogens is 350 g/mol. The Bertz CT molecular complexity index is 479. The Morgan fingerprint density at radius 3 is 2.33 bits per heavy atom. The molecule has 0 aromatic carbocycles. The van der Waals surface area contributed by atoms with Crippen molar-refractivity contribution in [1.82, 2.24) is 4.98 Å².